The molecule has 108 valence electrons. The van der Waals surface area contributed by atoms with Gasteiger partial charge in [-0.05, 0) is 43.2 Å². The molecule has 0 amide bonds. The summed E-state index contributed by atoms with van der Waals surface area (Å²) in [5, 5.41) is 0. The number of rotatable bonds is 2. The molecule has 4 atom stereocenters. The molecule has 0 aromatic heterocycles. The molecule has 2 fully saturated rings. The van der Waals surface area contributed by atoms with Crippen LogP contribution >= 0.6 is 0 Å². The topological polar surface area (TPSA) is 43.1 Å². The molecule has 5 heteroatoms. The Kier molecular flexibility index (Phi) is 3.12. The molecular formula is C15H16F3NO. The fourth-order valence-electron chi connectivity index (χ4n) is 3.77. The first-order valence-electron chi connectivity index (χ1n) is 6.85. The van der Waals surface area contributed by atoms with E-state index >= 15 is 0 Å². The van der Waals surface area contributed by atoms with Crippen LogP contribution in [0.5, 0.6) is 0 Å². The van der Waals surface area contributed by atoms with Crippen LogP contribution in [0.4, 0.5) is 13.2 Å². The number of benzene rings is 1. The molecule has 0 aliphatic heterocycles. The summed E-state index contributed by atoms with van der Waals surface area (Å²) in [6, 6.07) is 4.47. The molecule has 0 heterocycles. The first-order valence-corrected chi connectivity index (χ1v) is 6.85. The zero-order valence-corrected chi connectivity index (χ0v) is 10.9. The fraction of sp³-hybridized carbons (Fsp3) is 0.533. The minimum absolute atomic E-state index is 0.132. The van der Waals surface area contributed by atoms with Crippen LogP contribution in [-0.4, -0.2) is 11.8 Å². The van der Waals surface area contributed by atoms with E-state index in [4.69, 9.17) is 5.73 Å². The molecule has 2 aliphatic carbocycles. The number of carbonyl (C=O) groups excluding carboxylic acids is 1. The van der Waals surface area contributed by atoms with Gasteiger partial charge in [0.15, 0.2) is 5.78 Å². The van der Waals surface area contributed by atoms with E-state index in [0.717, 1.165) is 31.4 Å². The van der Waals surface area contributed by atoms with E-state index in [9.17, 15) is 18.0 Å². The van der Waals surface area contributed by atoms with Crippen molar-refractivity contribution < 1.29 is 18.0 Å². The quantitative estimate of drug-likeness (QED) is 0.847. The lowest BCUT2D eigenvalue weighted by Crippen LogP contribution is -2.40. The standard InChI is InChI=1S/C15H16F3NO/c16-15(17,18)11-3-1-2-10(7-11)14(20)12-8-4-5-9(6-8)13(12)19/h1-3,7-9,12-13H,4-6,19H2. The monoisotopic (exact) mass is 283 g/mol. The summed E-state index contributed by atoms with van der Waals surface area (Å²) in [5.74, 6) is 0.0739. The predicted octanol–water partition coefficient (Wildman–Crippen LogP) is 3.26. The molecular weight excluding hydrogens is 267 g/mol. The van der Waals surface area contributed by atoms with E-state index in [2.05, 4.69) is 0 Å². The van der Waals surface area contributed by atoms with Gasteiger partial charge in [0.05, 0.1) is 5.56 Å². The van der Waals surface area contributed by atoms with Crippen LogP contribution in [0.15, 0.2) is 24.3 Å². The second kappa shape index (κ2) is 4.58. The van der Waals surface area contributed by atoms with Gasteiger partial charge in [0.1, 0.15) is 0 Å². The van der Waals surface area contributed by atoms with Crippen LogP contribution in [-0.2, 0) is 6.18 Å². The van der Waals surface area contributed by atoms with Gasteiger partial charge in [-0.1, -0.05) is 12.1 Å². The second-order valence-corrected chi connectivity index (χ2v) is 5.88. The van der Waals surface area contributed by atoms with Crippen molar-refractivity contribution in [2.75, 3.05) is 0 Å². The Hall–Kier alpha value is -1.36. The van der Waals surface area contributed by atoms with Crippen LogP contribution in [0.25, 0.3) is 0 Å². The van der Waals surface area contributed by atoms with Gasteiger partial charge in [0.25, 0.3) is 0 Å². The van der Waals surface area contributed by atoms with Gasteiger partial charge < -0.3 is 5.73 Å². The lowest BCUT2D eigenvalue weighted by Gasteiger charge is -2.27. The van der Waals surface area contributed by atoms with Crippen LogP contribution in [0.2, 0.25) is 0 Å². The zero-order chi connectivity index (χ0) is 14.5. The maximum atomic E-state index is 12.7. The third-order valence-electron chi connectivity index (χ3n) is 4.76. The average Bonchev–Trinajstić information content (AvgIpc) is 2.98. The molecule has 1 aromatic rings. The van der Waals surface area contributed by atoms with Crippen LogP contribution in [0.3, 0.4) is 0 Å². The maximum absolute atomic E-state index is 12.7. The molecule has 2 saturated carbocycles. The number of nitrogens with two attached hydrogens (primary N) is 1. The normalized spacial score (nSPS) is 32.6. The van der Waals surface area contributed by atoms with Crippen molar-refractivity contribution in [3.8, 4) is 0 Å². The summed E-state index contributed by atoms with van der Waals surface area (Å²) in [6.07, 6.45) is -1.48. The highest BCUT2D eigenvalue weighted by Gasteiger charge is 2.49. The lowest BCUT2D eigenvalue weighted by atomic mass is 9.80. The first kappa shape index (κ1) is 13.6. The molecule has 2 bridgehead atoms. The minimum Gasteiger partial charge on any atom is -0.327 e. The summed E-state index contributed by atoms with van der Waals surface area (Å²) in [4.78, 5) is 12.5. The summed E-state index contributed by atoms with van der Waals surface area (Å²) < 4.78 is 38.1. The molecule has 0 radical (unpaired) electrons. The largest absolute Gasteiger partial charge is 0.416 e. The number of halogens is 3. The van der Waals surface area contributed by atoms with E-state index in [1.807, 2.05) is 0 Å². The number of hydrogen-bond acceptors (Lipinski definition) is 2. The van der Waals surface area contributed by atoms with Gasteiger partial charge in [-0.3, -0.25) is 4.79 Å². The van der Waals surface area contributed by atoms with Crippen molar-refractivity contribution >= 4 is 5.78 Å². The van der Waals surface area contributed by atoms with Crippen molar-refractivity contribution in [2.24, 2.45) is 23.5 Å². The Bertz CT molecular complexity index is 538. The number of carbonyl (C=O) groups is 1. The average molecular weight is 283 g/mol. The van der Waals surface area contributed by atoms with Crippen LogP contribution in [0, 0.1) is 17.8 Å². The smallest absolute Gasteiger partial charge is 0.327 e. The molecule has 2 nitrogen and oxygen atoms in total. The van der Waals surface area contributed by atoms with Gasteiger partial charge in [-0.15, -0.1) is 0 Å². The van der Waals surface area contributed by atoms with E-state index in [-0.39, 0.29) is 29.2 Å². The number of Topliss-reactive ketones (excluding diaryl/α,β-unsaturated/α-hetero) is 1. The lowest BCUT2D eigenvalue weighted by molar-refractivity contribution is -0.137. The molecule has 20 heavy (non-hydrogen) atoms. The third-order valence-corrected chi connectivity index (χ3v) is 4.76. The van der Waals surface area contributed by atoms with Crippen molar-refractivity contribution in [3.63, 3.8) is 0 Å². The zero-order valence-electron chi connectivity index (χ0n) is 10.9. The number of ketones is 1. The van der Waals surface area contributed by atoms with Gasteiger partial charge in [0.2, 0.25) is 0 Å². The molecule has 0 saturated heterocycles. The molecule has 1 aromatic carbocycles. The van der Waals surface area contributed by atoms with E-state index in [1.54, 1.807) is 0 Å². The van der Waals surface area contributed by atoms with Crippen molar-refractivity contribution in [1.29, 1.82) is 0 Å². The number of fused-ring (bicyclic) bond motifs is 2. The van der Waals surface area contributed by atoms with Gasteiger partial charge in [0, 0.05) is 17.5 Å². The van der Waals surface area contributed by atoms with E-state index in [1.165, 1.54) is 12.1 Å². The highest BCUT2D eigenvalue weighted by Crippen LogP contribution is 2.48. The molecule has 2 aliphatic rings. The summed E-state index contributed by atoms with van der Waals surface area (Å²) in [6.45, 7) is 0. The van der Waals surface area contributed by atoms with E-state index < -0.39 is 11.7 Å². The van der Waals surface area contributed by atoms with Gasteiger partial charge in [-0.2, -0.15) is 13.2 Å². The SMILES string of the molecule is NC1C2CCC(C2)C1C(=O)c1cccc(C(F)(F)F)c1. The highest BCUT2D eigenvalue weighted by atomic mass is 19.4. The summed E-state index contributed by atoms with van der Waals surface area (Å²) >= 11 is 0. The highest BCUT2D eigenvalue weighted by molar-refractivity contribution is 5.99. The second-order valence-electron chi connectivity index (χ2n) is 5.88. The van der Waals surface area contributed by atoms with Gasteiger partial charge >= 0.3 is 6.18 Å². The Balaban J connectivity index is 1.88. The Morgan fingerprint density at radius 1 is 1.20 bits per heavy atom. The molecule has 4 unspecified atom stereocenters. The molecule has 3 rings (SSSR count). The third kappa shape index (κ3) is 2.14. The van der Waals surface area contributed by atoms with Crippen molar-refractivity contribution in [3.05, 3.63) is 35.4 Å². The summed E-state index contributed by atoms with van der Waals surface area (Å²) in [5.41, 5.74) is 5.44. The fourth-order valence-corrected chi connectivity index (χ4v) is 3.77. The first-order chi connectivity index (χ1) is 9.38. The Labute approximate surface area is 115 Å². The van der Waals surface area contributed by atoms with Gasteiger partial charge in [-0.25, -0.2) is 0 Å². The Morgan fingerprint density at radius 2 is 1.90 bits per heavy atom. The van der Waals surface area contributed by atoms with E-state index in [0.29, 0.717) is 5.92 Å². The van der Waals surface area contributed by atoms with Crippen molar-refractivity contribution in [2.45, 2.75) is 31.5 Å². The van der Waals surface area contributed by atoms with Crippen LogP contribution in [0.1, 0.15) is 35.2 Å². The Morgan fingerprint density at radius 3 is 2.50 bits per heavy atom. The molecule has 0 spiro atoms. The van der Waals surface area contributed by atoms with Crippen LogP contribution < -0.4 is 5.73 Å². The minimum atomic E-state index is -4.42. The maximum Gasteiger partial charge on any atom is 0.416 e. The molecule has 2 N–H and O–H groups in total. The predicted molar refractivity (Wildman–Crippen MR) is 68.1 cm³/mol. The number of alkyl halides is 3. The number of hydrogen-bond donors (Lipinski definition) is 1. The summed E-state index contributed by atoms with van der Waals surface area (Å²) in [7, 11) is 0. The van der Waals surface area contributed by atoms with Crippen molar-refractivity contribution in [1.82, 2.24) is 0 Å².